The van der Waals surface area contributed by atoms with Crippen molar-refractivity contribution in [3.05, 3.63) is 36.5 Å². The van der Waals surface area contributed by atoms with Crippen molar-refractivity contribution in [2.45, 2.75) is 187 Å². The highest BCUT2D eigenvalue weighted by Crippen LogP contribution is 2.16. The largest absolute Gasteiger partial charge is 0.481 e. The van der Waals surface area contributed by atoms with Gasteiger partial charge in [0, 0.05) is 12.8 Å². The molecule has 0 saturated carbocycles. The van der Waals surface area contributed by atoms with Crippen molar-refractivity contribution < 1.29 is 19.4 Å². The average molecular weight is 575 g/mol. The highest BCUT2D eigenvalue weighted by atomic mass is 16.5. The average Bonchev–Trinajstić information content (AvgIpc) is 2.96. The molecular formula is C37H66O4. The van der Waals surface area contributed by atoms with Crippen LogP contribution in [0.5, 0.6) is 0 Å². The lowest BCUT2D eigenvalue weighted by atomic mass is 10.0. The van der Waals surface area contributed by atoms with E-state index in [0.29, 0.717) is 12.8 Å². The molecule has 1 atom stereocenters. The predicted octanol–water partition coefficient (Wildman–Crippen LogP) is 11.8. The molecule has 0 bridgehead atoms. The third-order valence-corrected chi connectivity index (χ3v) is 7.70. The van der Waals surface area contributed by atoms with Gasteiger partial charge in [-0.1, -0.05) is 140 Å². The number of carboxylic acids is 1. The molecule has 0 aromatic carbocycles. The van der Waals surface area contributed by atoms with E-state index >= 15 is 0 Å². The SMILES string of the molecule is CC/C=C\C/C=C\C/C=C\CCCCCCCCCCCC(=O)OC(CC)CCCCCCCCCCCC(=O)O. The van der Waals surface area contributed by atoms with Crippen LogP contribution in [0.1, 0.15) is 181 Å². The van der Waals surface area contributed by atoms with Gasteiger partial charge in [-0.2, -0.15) is 0 Å². The summed E-state index contributed by atoms with van der Waals surface area (Å²) in [6.45, 7) is 4.28. The van der Waals surface area contributed by atoms with Gasteiger partial charge in [0.05, 0.1) is 0 Å². The second kappa shape index (κ2) is 32.7. The summed E-state index contributed by atoms with van der Waals surface area (Å²) in [7, 11) is 0. The first-order valence-electron chi connectivity index (χ1n) is 17.5. The number of aliphatic carboxylic acids is 1. The van der Waals surface area contributed by atoms with Crippen molar-refractivity contribution >= 4 is 11.9 Å². The van der Waals surface area contributed by atoms with Crippen LogP contribution in [0.4, 0.5) is 0 Å². The molecule has 0 radical (unpaired) electrons. The Morgan fingerprint density at radius 1 is 0.561 bits per heavy atom. The van der Waals surface area contributed by atoms with Crippen LogP contribution in [0, 0.1) is 0 Å². The molecule has 1 N–H and O–H groups in total. The molecular weight excluding hydrogens is 508 g/mol. The van der Waals surface area contributed by atoms with Gasteiger partial charge in [-0.15, -0.1) is 0 Å². The van der Waals surface area contributed by atoms with Gasteiger partial charge < -0.3 is 9.84 Å². The maximum absolute atomic E-state index is 12.2. The molecule has 0 saturated heterocycles. The summed E-state index contributed by atoms with van der Waals surface area (Å²) in [4.78, 5) is 22.8. The molecule has 0 aliphatic rings. The summed E-state index contributed by atoms with van der Waals surface area (Å²) >= 11 is 0. The van der Waals surface area contributed by atoms with Crippen LogP contribution in [-0.2, 0) is 14.3 Å². The lowest BCUT2D eigenvalue weighted by Gasteiger charge is -2.16. The van der Waals surface area contributed by atoms with Crippen molar-refractivity contribution in [2.24, 2.45) is 0 Å². The Hall–Kier alpha value is -1.84. The van der Waals surface area contributed by atoms with E-state index in [1.54, 1.807) is 0 Å². The maximum Gasteiger partial charge on any atom is 0.306 e. The first-order chi connectivity index (χ1) is 20.1. The Morgan fingerprint density at radius 2 is 1.00 bits per heavy atom. The molecule has 0 rings (SSSR count). The molecule has 0 aromatic rings. The normalized spacial score (nSPS) is 12.6. The number of allylic oxidation sites excluding steroid dienone is 6. The molecule has 4 nitrogen and oxygen atoms in total. The van der Waals surface area contributed by atoms with Crippen molar-refractivity contribution in [1.29, 1.82) is 0 Å². The zero-order chi connectivity index (χ0) is 30.1. The molecule has 238 valence electrons. The van der Waals surface area contributed by atoms with Crippen molar-refractivity contribution in [1.82, 2.24) is 0 Å². The quantitative estimate of drug-likeness (QED) is 0.0508. The monoisotopic (exact) mass is 574 g/mol. The molecule has 1 unspecified atom stereocenters. The molecule has 0 aliphatic carbocycles. The summed E-state index contributed by atoms with van der Waals surface area (Å²) in [5.41, 5.74) is 0. The minimum Gasteiger partial charge on any atom is -0.481 e. The van der Waals surface area contributed by atoms with Crippen LogP contribution in [-0.4, -0.2) is 23.1 Å². The summed E-state index contributed by atoms with van der Waals surface area (Å²) in [6, 6.07) is 0. The molecule has 4 heteroatoms. The molecule has 0 spiro atoms. The zero-order valence-corrected chi connectivity index (χ0v) is 27.1. The van der Waals surface area contributed by atoms with E-state index in [0.717, 1.165) is 70.6 Å². The van der Waals surface area contributed by atoms with Crippen molar-refractivity contribution in [3.8, 4) is 0 Å². The molecule has 0 fully saturated rings. The maximum atomic E-state index is 12.2. The van der Waals surface area contributed by atoms with Gasteiger partial charge >= 0.3 is 11.9 Å². The Labute approximate surface area is 254 Å². The van der Waals surface area contributed by atoms with Crippen molar-refractivity contribution in [2.75, 3.05) is 0 Å². The topological polar surface area (TPSA) is 63.6 Å². The van der Waals surface area contributed by atoms with Crippen LogP contribution in [0.25, 0.3) is 0 Å². The number of carbonyl (C=O) groups is 2. The van der Waals surface area contributed by atoms with Gasteiger partial charge in [0.25, 0.3) is 0 Å². The minimum absolute atomic E-state index is 0.00560. The second-order valence-electron chi connectivity index (χ2n) is 11.6. The fourth-order valence-corrected chi connectivity index (χ4v) is 5.07. The Kier molecular flexibility index (Phi) is 31.2. The van der Waals surface area contributed by atoms with Gasteiger partial charge in [-0.3, -0.25) is 9.59 Å². The molecule has 0 aliphatic heterocycles. The predicted molar refractivity (Wildman–Crippen MR) is 176 cm³/mol. The molecule has 0 heterocycles. The Morgan fingerprint density at radius 3 is 1.51 bits per heavy atom. The molecule has 0 amide bonds. The standard InChI is InChI=1S/C37H66O4/c1-3-5-6-7-8-9-10-11-12-13-14-15-16-17-18-22-25-28-31-34-37(40)41-35(4-2)32-29-26-23-20-19-21-24-27-30-33-36(38)39/h5-6,8-9,11-12,35H,3-4,7,10,13-34H2,1-2H3,(H,38,39)/b6-5-,9-8-,12-11-. The lowest BCUT2D eigenvalue weighted by Crippen LogP contribution is -2.17. The van der Waals surface area contributed by atoms with Gasteiger partial charge in [-0.05, 0) is 64.2 Å². The van der Waals surface area contributed by atoms with Gasteiger partial charge in [0.2, 0.25) is 0 Å². The fraction of sp³-hybridized carbons (Fsp3) is 0.784. The van der Waals surface area contributed by atoms with Gasteiger partial charge in [-0.25, -0.2) is 0 Å². The van der Waals surface area contributed by atoms with E-state index in [1.807, 2.05) is 0 Å². The number of rotatable bonds is 31. The summed E-state index contributed by atoms with van der Waals surface area (Å²) in [5, 5.41) is 8.65. The first kappa shape index (κ1) is 39.2. The van der Waals surface area contributed by atoms with Crippen LogP contribution in [0.2, 0.25) is 0 Å². The van der Waals surface area contributed by atoms with Crippen LogP contribution in [0.3, 0.4) is 0 Å². The fourth-order valence-electron chi connectivity index (χ4n) is 5.07. The van der Waals surface area contributed by atoms with Crippen LogP contribution < -0.4 is 0 Å². The number of unbranched alkanes of at least 4 members (excludes halogenated alkanes) is 17. The summed E-state index contributed by atoms with van der Waals surface area (Å²) in [5.74, 6) is -0.688. The molecule has 0 aromatic heterocycles. The van der Waals surface area contributed by atoms with Crippen LogP contribution in [0.15, 0.2) is 36.5 Å². The van der Waals surface area contributed by atoms with E-state index in [-0.39, 0.29) is 12.1 Å². The second-order valence-corrected chi connectivity index (χ2v) is 11.6. The highest BCUT2D eigenvalue weighted by molar-refractivity contribution is 5.69. The third-order valence-electron chi connectivity index (χ3n) is 7.70. The van der Waals surface area contributed by atoms with E-state index in [4.69, 9.17) is 9.84 Å². The highest BCUT2D eigenvalue weighted by Gasteiger charge is 2.12. The number of carboxylic acid groups (broad SMARTS) is 1. The number of ether oxygens (including phenoxy) is 1. The van der Waals surface area contributed by atoms with E-state index in [9.17, 15) is 9.59 Å². The number of hydrogen-bond acceptors (Lipinski definition) is 3. The lowest BCUT2D eigenvalue weighted by molar-refractivity contribution is -0.149. The van der Waals surface area contributed by atoms with E-state index in [1.165, 1.54) is 83.5 Å². The summed E-state index contributed by atoms with van der Waals surface area (Å²) < 4.78 is 5.74. The minimum atomic E-state index is -0.682. The Bertz CT molecular complexity index is 664. The zero-order valence-electron chi connectivity index (χ0n) is 27.1. The van der Waals surface area contributed by atoms with Gasteiger partial charge in [0.15, 0.2) is 0 Å². The van der Waals surface area contributed by atoms with Gasteiger partial charge in [0.1, 0.15) is 6.10 Å². The van der Waals surface area contributed by atoms with E-state index in [2.05, 4.69) is 50.3 Å². The summed E-state index contributed by atoms with van der Waals surface area (Å²) in [6.07, 6.45) is 42.4. The van der Waals surface area contributed by atoms with Crippen LogP contribution >= 0.6 is 0 Å². The van der Waals surface area contributed by atoms with E-state index < -0.39 is 5.97 Å². The number of esters is 1. The smallest absolute Gasteiger partial charge is 0.306 e. The molecule has 41 heavy (non-hydrogen) atoms. The first-order valence-corrected chi connectivity index (χ1v) is 17.5. The third kappa shape index (κ3) is 32.5. The van der Waals surface area contributed by atoms with Crippen molar-refractivity contribution in [3.63, 3.8) is 0 Å². The number of hydrogen-bond donors (Lipinski definition) is 1. The Balaban J connectivity index is 3.46. The number of carbonyl (C=O) groups excluding carboxylic acids is 1.